The number of hydrogen-bond acceptors (Lipinski definition) is 5. The molecular weight excluding hydrogens is 321 g/mol. The number of amides is 2. The molecule has 0 aliphatic carbocycles. The highest BCUT2D eigenvalue weighted by molar-refractivity contribution is 7.15. The lowest BCUT2D eigenvalue weighted by Crippen LogP contribution is -2.42. The van der Waals surface area contributed by atoms with E-state index in [0.717, 1.165) is 0 Å². The molecule has 6 nitrogen and oxygen atoms in total. The van der Waals surface area contributed by atoms with Crippen LogP contribution in [-0.4, -0.2) is 39.0 Å². The molecule has 2 heterocycles. The van der Waals surface area contributed by atoms with Gasteiger partial charge in [0.1, 0.15) is 0 Å². The van der Waals surface area contributed by atoms with E-state index in [4.69, 9.17) is 0 Å². The van der Waals surface area contributed by atoms with E-state index in [0.29, 0.717) is 0 Å². The van der Waals surface area contributed by atoms with Gasteiger partial charge in [0.05, 0.1) is 5.92 Å². The average Bonchev–Trinajstić information content (AvgIpc) is 2.93. The number of halogens is 3. The molecule has 0 saturated carbocycles. The SMILES string of the molecule is CC(C)(C)N1CC(C(=O)Nc2nnc(C(F)(F)F)s2)CC1=O. The summed E-state index contributed by atoms with van der Waals surface area (Å²) >= 11 is 0.256. The Morgan fingerprint density at radius 1 is 1.32 bits per heavy atom. The number of hydrogen-bond donors (Lipinski definition) is 1. The number of nitrogens with one attached hydrogen (secondary N) is 1. The molecule has 1 aromatic rings. The lowest BCUT2D eigenvalue weighted by atomic mass is 10.1. The highest BCUT2D eigenvalue weighted by Gasteiger charge is 2.40. The van der Waals surface area contributed by atoms with Gasteiger partial charge >= 0.3 is 6.18 Å². The summed E-state index contributed by atoms with van der Waals surface area (Å²) in [5.41, 5.74) is -0.404. The van der Waals surface area contributed by atoms with Crippen LogP contribution in [0.3, 0.4) is 0 Å². The van der Waals surface area contributed by atoms with E-state index in [1.54, 1.807) is 4.90 Å². The minimum atomic E-state index is -4.59. The molecular formula is C12H15F3N4O2S. The predicted octanol–water partition coefficient (Wildman–Crippen LogP) is 2.14. The van der Waals surface area contributed by atoms with Gasteiger partial charge in [0.2, 0.25) is 22.0 Å². The van der Waals surface area contributed by atoms with Crippen LogP contribution in [0.15, 0.2) is 0 Å². The Hall–Kier alpha value is -1.71. The molecule has 22 heavy (non-hydrogen) atoms. The summed E-state index contributed by atoms with van der Waals surface area (Å²) in [6.45, 7) is 5.79. The van der Waals surface area contributed by atoms with E-state index in [2.05, 4.69) is 15.5 Å². The molecule has 0 aromatic carbocycles. The highest BCUT2D eigenvalue weighted by Crippen LogP contribution is 2.33. The fourth-order valence-corrected chi connectivity index (χ4v) is 2.74. The first-order valence-electron chi connectivity index (χ1n) is 6.50. The number of likely N-dealkylation sites (tertiary alicyclic amines) is 1. The third kappa shape index (κ3) is 3.54. The Kier molecular flexibility index (Phi) is 4.16. The third-order valence-corrected chi connectivity index (χ3v) is 4.09. The molecule has 1 atom stereocenters. The van der Waals surface area contributed by atoms with Gasteiger partial charge in [-0.1, -0.05) is 11.3 Å². The van der Waals surface area contributed by atoms with Crippen molar-refractivity contribution in [1.29, 1.82) is 0 Å². The van der Waals surface area contributed by atoms with E-state index in [-0.39, 0.29) is 35.3 Å². The zero-order valence-corrected chi connectivity index (χ0v) is 13.0. The van der Waals surface area contributed by atoms with Crippen LogP contribution in [0.2, 0.25) is 0 Å². The van der Waals surface area contributed by atoms with Crippen molar-refractivity contribution in [2.45, 2.75) is 38.9 Å². The van der Waals surface area contributed by atoms with Gasteiger partial charge in [0.15, 0.2) is 0 Å². The van der Waals surface area contributed by atoms with E-state index >= 15 is 0 Å². The van der Waals surface area contributed by atoms with Crippen LogP contribution in [0.4, 0.5) is 18.3 Å². The van der Waals surface area contributed by atoms with Crippen molar-refractivity contribution >= 4 is 28.3 Å². The second-order valence-corrected chi connectivity index (χ2v) is 6.95. The second-order valence-electron chi connectivity index (χ2n) is 5.98. The maximum atomic E-state index is 12.4. The van der Waals surface area contributed by atoms with Crippen molar-refractivity contribution in [2.75, 3.05) is 11.9 Å². The molecule has 1 N–H and O–H groups in total. The fraction of sp³-hybridized carbons (Fsp3) is 0.667. The number of anilines is 1. The summed E-state index contributed by atoms with van der Waals surface area (Å²) in [7, 11) is 0. The first kappa shape index (κ1) is 16.7. The molecule has 0 bridgehead atoms. The zero-order chi connectivity index (χ0) is 16.7. The monoisotopic (exact) mass is 336 g/mol. The van der Waals surface area contributed by atoms with Gasteiger partial charge in [-0.25, -0.2) is 0 Å². The predicted molar refractivity (Wildman–Crippen MR) is 73.1 cm³/mol. The van der Waals surface area contributed by atoms with Crippen molar-refractivity contribution in [3.8, 4) is 0 Å². The largest absolute Gasteiger partial charge is 0.445 e. The summed E-state index contributed by atoms with van der Waals surface area (Å²) in [5, 5.41) is 7.24. The fourth-order valence-electron chi connectivity index (χ4n) is 2.13. The third-order valence-electron chi connectivity index (χ3n) is 3.20. The molecule has 2 amide bonds. The summed E-state index contributed by atoms with van der Waals surface area (Å²) in [5.74, 6) is -1.28. The van der Waals surface area contributed by atoms with Crippen molar-refractivity contribution in [3.63, 3.8) is 0 Å². The number of aromatic nitrogens is 2. The lowest BCUT2D eigenvalue weighted by Gasteiger charge is -2.31. The molecule has 1 fully saturated rings. The second kappa shape index (κ2) is 5.49. The quantitative estimate of drug-likeness (QED) is 0.898. The number of alkyl halides is 3. The zero-order valence-electron chi connectivity index (χ0n) is 12.2. The molecule has 1 saturated heterocycles. The topological polar surface area (TPSA) is 75.2 Å². The summed E-state index contributed by atoms with van der Waals surface area (Å²) < 4.78 is 37.3. The number of carbonyl (C=O) groups is 2. The molecule has 0 spiro atoms. The Morgan fingerprint density at radius 2 is 1.95 bits per heavy atom. The molecule has 1 unspecified atom stereocenters. The van der Waals surface area contributed by atoms with Crippen molar-refractivity contribution < 1.29 is 22.8 Å². The molecule has 2 rings (SSSR count). The van der Waals surface area contributed by atoms with Crippen LogP contribution in [-0.2, 0) is 15.8 Å². The Labute approximate surface area is 128 Å². The van der Waals surface area contributed by atoms with Gasteiger partial charge in [-0.2, -0.15) is 13.2 Å². The minimum Gasteiger partial charge on any atom is -0.337 e. The van der Waals surface area contributed by atoms with Crippen molar-refractivity contribution in [1.82, 2.24) is 15.1 Å². The first-order valence-corrected chi connectivity index (χ1v) is 7.32. The van der Waals surface area contributed by atoms with Gasteiger partial charge < -0.3 is 10.2 Å². The Morgan fingerprint density at radius 3 is 2.41 bits per heavy atom. The summed E-state index contributed by atoms with van der Waals surface area (Å²) in [6.07, 6.45) is -4.55. The van der Waals surface area contributed by atoms with Crippen molar-refractivity contribution in [2.24, 2.45) is 5.92 Å². The molecule has 0 radical (unpaired) electrons. The lowest BCUT2D eigenvalue weighted by molar-refractivity contribution is -0.138. The summed E-state index contributed by atoms with van der Waals surface area (Å²) in [4.78, 5) is 25.5. The molecule has 1 aliphatic rings. The van der Waals surface area contributed by atoms with Crippen molar-refractivity contribution in [3.05, 3.63) is 5.01 Å². The number of rotatable bonds is 2. The van der Waals surface area contributed by atoms with Crippen LogP contribution in [0, 0.1) is 5.92 Å². The van der Waals surface area contributed by atoms with Gasteiger partial charge in [0.25, 0.3) is 0 Å². The summed E-state index contributed by atoms with van der Waals surface area (Å²) in [6, 6.07) is 0. The maximum absolute atomic E-state index is 12.4. The van der Waals surface area contributed by atoms with Gasteiger partial charge in [-0.15, -0.1) is 10.2 Å². The minimum absolute atomic E-state index is 0.0357. The molecule has 122 valence electrons. The van der Waals surface area contributed by atoms with E-state index in [1.165, 1.54) is 0 Å². The normalized spacial score (nSPS) is 19.6. The number of carbonyl (C=O) groups excluding carboxylic acids is 2. The van der Waals surface area contributed by atoms with Gasteiger partial charge in [0, 0.05) is 18.5 Å². The average molecular weight is 336 g/mol. The van der Waals surface area contributed by atoms with E-state index < -0.39 is 28.5 Å². The van der Waals surface area contributed by atoms with Gasteiger partial charge in [-0.3, -0.25) is 9.59 Å². The standard InChI is InChI=1S/C12H15F3N4O2S/c1-11(2,3)19-5-6(4-7(19)20)8(21)16-10-18-17-9(22-10)12(13,14)15/h6H,4-5H2,1-3H3,(H,16,18,21). The van der Waals surface area contributed by atoms with Crippen LogP contribution < -0.4 is 5.32 Å². The van der Waals surface area contributed by atoms with Crippen LogP contribution in [0.1, 0.15) is 32.2 Å². The van der Waals surface area contributed by atoms with E-state index in [9.17, 15) is 22.8 Å². The van der Waals surface area contributed by atoms with Gasteiger partial charge in [-0.05, 0) is 20.8 Å². The van der Waals surface area contributed by atoms with Crippen LogP contribution in [0.25, 0.3) is 0 Å². The first-order chi connectivity index (χ1) is 9.98. The van der Waals surface area contributed by atoms with E-state index in [1.807, 2.05) is 20.8 Å². The molecule has 1 aliphatic heterocycles. The van der Waals surface area contributed by atoms with Crippen LogP contribution >= 0.6 is 11.3 Å². The van der Waals surface area contributed by atoms with Crippen LogP contribution in [0.5, 0.6) is 0 Å². The molecule has 1 aromatic heterocycles. The molecule has 10 heteroatoms. The maximum Gasteiger partial charge on any atom is 0.445 e. The highest BCUT2D eigenvalue weighted by atomic mass is 32.1. The Balaban J connectivity index is 2.02. The Bertz CT molecular complexity index is 594. The smallest absolute Gasteiger partial charge is 0.337 e. The number of nitrogens with zero attached hydrogens (tertiary/aromatic N) is 3.